The average molecular weight is 286 g/mol. The van der Waals surface area contributed by atoms with Crippen LogP contribution in [0.15, 0.2) is 0 Å². The number of nitrogens with one attached hydrogen (secondary N) is 1. The van der Waals surface area contributed by atoms with E-state index in [2.05, 4.69) is 19.2 Å². The van der Waals surface area contributed by atoms with Crippen molar-refractivity contribution >= 4 is 11.7 Å². The first-order valence-corrected chi connectivity index (χ1v) is 7.48. The lowest BCUT2D eigenvalue weighted by atomic mass is 9.90. The van der Waals surface area contributed by atoms with Gasteiger partial charge in [0.2, 0.25) is 5.91 Å². The summed E-state index contributed by atoms with van der Waals surface area (Å²) in [7, 11) is 0. The molecule has 1 N–H and O–H groups in total. The zero-order chi connectivity index (χ0) is 17.8. The Hall–Kier alpha value is -0.900. The summed E-state index contributed by atoms with van der Waals surface area (Å²) in [5.41, 5.74) is 0. The van der Waals surface area contributed by atoms with E-state index >= 15 is 0 Å². The van der Waals surface area contributed by atoms with Crippen molar-refractivity contribution in [3.8, 4) is 0 Å². The van der Waals surface area contributed by atoms with E-state index in [1.165, 1.54) is 0 Å². The fourth-order valence-electron chi connectivity index (χ4n) is 2.22. The number of epoxide rings is 1. The molecule has 4 heteroatoms. The van der Waals surface area contributed by atoms with E-state index in [-0.39, 0.29) is 30.6 Å². The van der Waals surface area contributed by atoms with Crippen molar-refractivity contribution in [1.29, 1.82) is 0 Å². The molecule has 0 bridgehead atoms. The van der Waals surface area contributed by atoms with Crippen LogP contribution in [-0.2, 0) is 14.3 Å². The van der Waals surface area contributed by atoms with Gasteiger partial charge < -0.3 is 10.1 Å². The van der Waals surface area contributed by atoms with Crippen LogP contribution in [0.5, 0.6) is 0 Å². The Morgan fingerprint density at radius 3 is 2.45 bits per heavy atom. The standard InChI is InChI=1S/C16H29NO3/c1-10(2)6-7-17-16(19)13(8-11(3)4)9-14(18)15-12(5)20-15/h10-13,15H,6-9H2,1-5H3,(H,17,19)/i3D3. The van der Waals surface area contributed by atoms with Gasteiger partial charge in [-0.3, -0.25) is 9.59 Å². The number of hydrogen-bond acceptors (Lipinski definition) is 3. The highest BCUT2D eigenvalue weighted by atomic mass is 16.6. The molecule has 0 saturated carbocycles. The first-order chi connectivity index (χ1) is 10.5. The second-order valence-corrected chi connectivity index (χ2v) is 6.24. The molecule has 1 amide bonds. The third kappa shape index (κ3) is 6.04. The fourth-order valence-corrected chi connectivity index (χ4v) is 2.22. The van der Waals surface area contributed by atoms with Gasteiger partial charge in [0.15, 0.2) is 5.78 Å². The van der Waals surface area contributed by atoms with Gasteiger partial charge in [-0.25, -0.2) is 0 Å². The largest absolute Gasteiger partial charge is 0.362 e. The quantitative estimate of drug-likeness (QED) is 0.663. The van der Waals surface area contributed by atoms with Crippen LogP contribution in [-0.4, -0.2) is 30.4 Å². The predicted octanol–water partition coefficient (Wildman–Crippen LogP) is 2.56. The maximum absolute atomic E-state index is 12.4. The lowest BCUT2D eigenvalue weighted by Gasteiger charge is -2.18. The molecule has 4 nitrogen and oxygen atoms in total. The highest BCUT2D eigenvalue weighted by molar-refractivity contribution is 5.90. The van der Waals surface area contributed by atoms with Gasteiger partial charge in [0.1, 0.15) is 6.10 Å². The Balaban J connectivity index is 2.63. The zero-order valence-corrected chi connectivity index (χ0v) is 12.9. The molecule has 1 rings (SSSR count). The topological polar surface area (TPSA) is 58.7 Å². The molecule has 0 aromatic heterocycles. The van der Waals surface area contributed by atoms with Crippen molar-refractivity contribution in [2.45, 2.75) is 66.0 Å². The molecule has 116 valence electrons. The van der Waals surface area contributed by atoms with E-state index < -0.39 is 24.8 Å². The Kier molecular flexibility index (Phi) is 4.98. The number of ether oxygens (including phenoxy) is 1. The molecule has 0 aromatic carbocycles. The summed E-state index contributed by atoms with van der Waals surface area (Å²) in [6, 6.07) is 0. The van der Waals surface area contributed by atoms with E-state index in [4.69, 9.17) is 8.85 Å². The minimum atomic E-state index is -2.12. The normalized spacial score (nSPS) is 27.1. The summed E-state index contributed by atoms with van der Waals surface area (Å²) in [6.07, 6.45) is 0.556. The molecule has 1 aliphatic heterocycles. The first-order valence-electron chi connectivity index (χ1n) is 8.98. The van der Waals surface area contributed by atoms with Crippen molar-refractivity contribution in [3.05, 3.63) is 0 Å². The molecular weight excluding hydrogens is 254 g/mol. The Morgan fingerprint density at radius 2 is 1.95 bits per heavy atom. The molecular formula is C16H29NO3. The van der Waals surface area contributed by atoms with E-state index in [0.29, 0.717) is 12.5 Å². The highest BCUT2D eigenvalue weighted by Gasteiger charge is 2.41. The minimum absolute atomic E-state index is 0.0446. The number of carbonyl (C=O) groups is 2. The SMILES string of the molecule is [2H]C([2H])([2H])C(C)CC(CC(=O)C1OC1C)C(=O)NCCC(C)C. The number of hydrogen-bond donors (Lipinski definition) is 1. The van der Waals surface area contributed by atoms with Gasteiger partial charge in [0.25, 0.3) is 0 Å². The predicted molar refractivity (Wildman–Crippen MR) is 79.4 cm³/mol. The van der Waals surface area contributed by atoms with Gasteiger partial charge >= 0.3 is 0 Å². The van der Waals surface area contributed by atoms with Crippen molar-refractivity contribution in [1.82, 2.24) is 5.32 Å². The van der Waals surface area contributed by atoms with Gasteiger partial charge in [-0.1, -0.05) is 27.6 Å². The summed E-state index contributed by atoms with van der Waals surface area (Å²) in [4.78, 5) is 24.5. The van der Waals surface area contributed by atoms with Crippen LogP contribution in [0, 0.1) is 17.8 Å². The second-order valence-electron chi connectivity index (χ2n) is 6.24. The first kappa shape index (κ1) is 12.8. The minimum Gasteiger partial charge on any atom is -0.362 e. The smallest absolute Gasteiger partial charge is 0.223 e. The summed E-state index contributed by atoms with van der Waals surface area (Å²) in [5, 5.41) is 2.83. The van der Waals surface area contributed by atoms with E-state index in [1.807, 2.05) is 6.92 Å². The van der Waals surface area contributed by atoms with Gasteiger partial charge in [0.05, 0.1) is 6.10 Å². The van der Waals surface area contributed by atoms with E-state index in [9.17, 15) is 9.59 Å². The van der Waals surface area contributed by atoms with Gasteiger partial charge in [0, 0.05) is 23.0 Å². The second kappa shape index (κ2) is 7.77. The molecule has 20 heavy (non-hydrogen) atoms. The number of amides is 1. The zero-order valence-electron chi connectivity index (χ0n) is 15.9. The third-order valence-corrected chi connectivity index (χ3v) is 3.51. The van der Waals surface area contributed by atoms with Crippen LogP contribution >= 0.6 is 0 Å². The third-order valence-electron chi connectivity index (χ3n) is 3.51. The lowest BCUT2D eigenvalue weighted by Crippen LogP contribution is -2.34. The highest BCUT2D eigenvalue weighted by Crippen LogP contribution is 2.26. The van der Waals surface area contributed by atoms with Crippen LogP contribution in [0.1, 0.15) is 57.9 Å². The molecule has 1 saturated heterocycles. The van der Waals surface area contributed by atoms with E-state index in [0.717, 1.165) is 6.42 Å². The van der Waals surface area contributed by atoms with Crippen molar-refractivity contribution in [2.75, 3.05) is 6.54 Å². The Bertz CT molecular complexity index is 423. The molecule has 0 radical (unpaired) electrons. The maximum atomic E-state index is 12.4. The molecule has 1 aliphatic rings. The van der Waals surface area contributed by atoms with Crippen molar-refractivity contribution in [2.24, 2.45) is 17.8 Å². The summed E-state index contributed by atoms with van der Waals surface area (Å²) >= 11 is 0. The van der Waals surface area contributed by atoms with E-state index in [1.54, 1.807) is 6.92 Å². The molecule has 4 unspecified atom stereocenters. The summed E-state index contributed by atoms with van der Waals surface area (Å²) in [5.74, 6) is -1.12. The van der Waals surface area contributed by atoms with Crippen LogP contribution in [0.2, 0.25) is 0 Å². The number of rotatable bonds is 9. The van der Waals surface area contributed by atoms with Crippen LogP contribution in [0.3, 0.4) is 0 Å². The number of ketones is 1. The van der Waals surface area contributed by atoms with Crippen molar-refractivity contribution < 1.29 is 18.4 Å². The van der Waals surface area contributed by atoms with Gasteiger partial charge in [-0.05, 0) is 31.6 Å². The van der Waals surface area contributed by atoms with Crippen LogP contribution < -0.4 is 5.32 Å². The summed E-state index contributed by atoms with van der Waals surface area (Å²) in [6.45, 7) is 5.96. The Labute approximate surface area is 126 Å². The van der Waals surface area contributed by atoms with Crippen molar-refractivity contribution in [3.63, 3.8) is 0 Å². The van der Waals surface area contributed by atoms with Gasteiger partial charge in [-0.2, -0.15) is 0 Å². The number of carbonyl (C=O) groups excluding carboxylic acids is 2. The monoisotopic (exact) mass is 286 g/mol. The van der Waals surface area contributed by atoms with Gasteiger partial charge in [-0.15, -0.1) is 0 Å². The number of Topliss-reactive ketones (excluding diaryl/α,β-unsaturated/α-hetero) is 1. The lowest BCUT2D eigenvalue weighted by molar-refractivity contribution is -0.130. The molecule has 4 atom stereocenters. The fraction of sp³-hybridized carbons (Fsp3) is 0.875. The van der Waals surface area contributed by atoms with Crippen LogP contribution in [0.25, 0.3) is 0 Å². The summed E-state index contributed by atoms with van der Waals surface area (Å²) < 4.78 is 27.6. The van der Waals surface area contributed by atoms with Crippen LogP contribution in [0.4, 0.5) is 0 Å². The molecule has 1 fully saturated rings. The molecule has 0 aromatic rings. The maximum Gasteiger partial charge on any atom is 0.223 e. The molecule has 0 aliphatic carbocycles. The Morgan fingerprint density at radius 1 is 1.30 bits per heavy atom. The average Bonchev–Trinajstić information content (AvgIpc) is 3.13. The molecule has 1 heterocycles. The molecule has 0 spiro atoms.